The van der Waals surface area contributed by atoms with Crippen molar-refractivity contribution in [2.45, 2.75) is 31.3 Å². The second-order valence-electron chi connectivity index (χ2n) is 11.7. The summed E-state index contributed by atoms with van der Waals surface area (Å²) in [5, 5.41) is 3.56. The molecule has 2 aromatic heterocycles. The van der Waals surface area contributed by atoms with Gasteiger partial charge in [0.1, 0.15) is 5.82 Å². The van der Waals surface area contributed by atoms with Crippen LogP contribution in [0.5, 0.6) is 0 Å². The van der Waals surface area contributed by atoms with Gasteiger partial charge >= 0.3 is 0 Å². The van der Waals surface area contributed by atoms with Crippen molar-refractivity contribution in [3.63, 3.8) is 0 Å². The van der Waals surface area contributed by atoms with Gasteiger partial charge in [0.15, 0.2) is 5.82 Å². The molecule has 0 unspecified atom stereocenters. The molecule has 0 amide bonds. The lowest BCUT2D eigenvalue weighted by Crippen LogP contribution is -2.43. The van der Waals surface area contributed by atoms with Crippen molar-refractivity contribution in [3.05, 3.63) is 102 Å². The second-order valence-corrected chi connectivity index (χ2v) is 11.7. The fourth-order valence-corrected chi connectivity index (χ4v) is 6.48. The third-order valence-electron chi connectivity index (χ3n) is 9.04. The van der Waals surface area contributed by atoms with Crippen molar-refractivity contribution in [1.29, 1.82) is 0 Å². The zero-order chi connectivity index (χ0) is 28.1. The molecular formula is C35H38Cl4N6O. The molecule has 3 N–H and O–H groups in total. The predicted molar refractivity (Wildman–Crippen MR) is 196 cm³/mol. The van der Waals surface area contributed by atoms with Crippen molar-refractivity contribution >= 4 is 61.1 Å². The lowest BCUT2D eigenvalue weighted by Gasteiger charge is -2.38. The van der Waals surface area contributed by atoms with Crippen LogP contribution in [-0.4, -0.2) is 45.7 Å². The van der Waals surface area contributed by atoms with E-state index >= 15 is 0 Å². The molecule has 3 aromatic carbocycles. The molecule has 46 heavy (non-hydrogen) atoms. The number of aromatic nitrogens is 3. The number of hydrogen-bond donors (Lipinski definition) is 2. The van der Waals surface area contributed by atoms with Crippen LogP contribution >= 0.6 is 49.6 Å². The average molecular weight is 701 g/mol. The molecule has 242 valence electrons. The van der Waals surface area contributed by atoms with E-state index in [1.165, 1.54) is 17.5 Å². The molecule has 11 heteroatoms. The summed E-state index contributed by atoms with van der Waals surface area (Å²) in [4.78, 5) is 12.6. The first-order valence-corrected chi connectivity index (χ1v) is 14.9. The maximum atomic E-state index is 6.70. The summed E-state index contributed by atoms with van der Waals surface area (Å²) in [6, 6.07) is 30.2. The van der Waals surface area contributed by atoms with E-state index in [0.717, 1.165) is 96.8 Å². The van der Waals surface area contributed by atoms with Gasteiger partial charge in [-0.15, -0.1) is 49.6 Å². The van der Waals surface area contributed by atoms with Crippen molar-refractivity contribution in [2.75, 3.05) is 31.6 Å². The fraction of sp³-hybridized carbons (Fsp3) is 0.257. The van der Waals surface area contributed by atoms with E-state index in [-0.39, 0.29) is 55.2 Å². The lowest BCUT2D eigenvalue weighted by molar-refractivity contribution is 0.0342. The second kappa shape index (κ2) is 14.7. The van der Waals surface area contributed by atoms with E-state index in [1.807, 2.05) is 18.3 Å². The number of nitrogens with one attached hydrogen (secondary N) is 1. The summed E-state index contributed by atoms with van der Waals surface area (Å²) in [7, 11) is 0. The Labute approximate surface area is 294 Å². The molecule has 0 spiro atoms. The van der Waals surface area contributed by atoms with E-state index in [4.69, 9.17) is 20.4 Å². The maximum absolute atomic E-state index is 6.70. The van der Waals surface area contributed by atoms with Gasteiger partial charge in [-0.05, 0) is 54.7 Å². The van der Waals surface area contributed by atoms with Crippen LogP contribution in [0.25, 0.3) is 39.6 Å². The number of benzene rings is 3. The summed E-state index contributed by atoms with van der Waals surface area (Å²) in [6.07, 6.45) is 5.10. The maximum Gasteiger partial charge on any atom is 0.154 e. The van der Waals surface area contributed by atoms with Crippen LogP contribution in [0, 0.1) is 0 Å². The molecule has 5 aromatic rings. The summed E-state index contributed by atoms with van der Waals surface area (Å²) >= 11 is 0. The normalized spacial score (nSPS) is 15.8. The Bertz CT molecular complexity index is 1770. The van der Waals surface area contributed by atoms with E-state index in [0.29, 0.717) is 0 Å². The first-order valence-electron chi connectivity index (χ1n) is 14.9. The summed E-state index contributed by atoms with van der Waals surface area (Å²) in [5.74, 6) is 1.70. The van der Waals surface area contributed by atoms with Crippen molar-refractivity contribution in [2.24, 2.45) is 5.73 Å². The number of anilines is 2. The first-order chi connectivity index (χ1) is 20.7. The number of halogens is 4. The van der Waals surface area contributed by atoms with Crippen LogP contribution in [0.4, 0.5) is 11.5 Å². The minimum atomic E-state index is -0.203. The predicted octanol–water partition coefficient (Wildman–Crippen LogP) is 8.18. The Balaban J connectivity index is 0.00000120. The smallest absolute Gasteiger partial charge is 0.154 e. The van der Waals surface area contributed by atoms with Gasteiger partial charge in [-0.1, -0.05) is 60.7 Å². The number of rotatable bonds is 5. The number of fused-ring (bicyclic) bond motifs is 5. The number of para-hydroxylation sites is 1. The number of nitrogens with zero attached hydrogens (tertiary/aromatic N) is 4. The number of hydrogen-bond acceptors (Lipinski definition) is 6. The highest BCUT2D eigenvalue weighted by atomic mass is 35.5. The largest absolute Gasteiger partial charge is 0.379 e. The molecule has 2 fully saturated rings. The van der Waals surface area contributed by atoms with Gasteiger partial charge in [0.2, 0.25) is 0 Å². The SMILES string of the molecule is Cl.Cl.Cl.Cl.NC1(c2ccc(-c3c(-c4ccc(CN5CCOCC5)cc4)nc4n3-c3cccnc3Nc3ccccc3-4)cc2)CCC1. The molecule has 3 aliphatic rings. The van der Waals surface area contributed by atoms with E-state index < -0.39 is 0 Å². The highest BCUT2D eigenvalue weighted by Crippen LogP contribution is 2.45. The number of pyridine rings is 1. The third-order valence-corrected chi connectivity index (χ3v) is 9.04. The van der Waals surface area contributed by atoms with Crippen molar-refractivity contribution in [1.82, 2.24) is 19.4 Å². The molecule has 0 radical (unpaired) electrons. The van der Waals surface area contributed by atoms with Crippen molar-refractivity contribution < 1.29 is 4.74 Å². The monoisotopic (exact) mass is 698 g/mol. The topological polar surface area (TPSA) is 81.2 Å². The number of ether oxygens (including phenoxy) is 1. The molecule has 2 aliphatic heterocycles. The molecule has 7 nitrogen and oxygen atoms in total. The quantitative estimate of drug-likeness (QED) is 0.189. The Kier molecular flexibility index (Phi) is 11.4. The van der Waals surface area contributed by atoms with Crippen LogP contribution in [0.1, 0.15) is 30.4 Å². The zero-order valence-electron chi connectivity index (χ0n) is 25.2. The molecule has 4 heterocycles. The molecule has 0 bridgehead atoms. The number of imidazole rings is 1. The number of morpholine rings is 1. The molecule has 1 aliphatic carbocycles. The summed E-state index contributed by atoms with van der Waals surface area (Å²) < 4.78 is 7.81. The standard InChI is InChI=1S/C35H34N6O.4ClH/c36-35(16-4-17-35)27-14-12-26(13-15-27)32-31(25-10-8-24(9-11-25)23-40-19-21-42-22-20-40)39-34-28-5-1-2-6-29(28)38-33-30(41(32)34)7-3-18-37-33;;;;/h1-3,5-15,18H,4,16-17,19-23,36H2,(H,37,38);4*1H. The first kappa shape index (κ1) is 35.7. The van der Waals surface area contributed by atoms with E-state index in [9.17, 15) is 0 Å². The van der Waals surface area contributed by atoms with Gasteiger partial charge in [0.05, 0.1) is 36.0 Å². The summed E-state index contributed by atoms with van der Waals surface area (Å²) in [6.45, 7) is 4.48. The molecule has 0 atom stereocenters. The minimum absolute atomic E-state index is 0. The van der Waals surface area contributed by atoms with Gasteiger partial charge < -0.3 is 15.8 Å². The minimum Gasteiger partial charge on any atom is -0.379 e. The van der Waals surface area contributed by atoms with Crippen molar-refractivity contribution in [3.8, 4) is 39.6 Å². The molecule has 1 saturated carbocycles. The Hall–Kier alpha value is -3.14. The Morgan fingerprint density at radius 3 is 2.20 bits per heavy atom. The highest BCUT2D eigenvalue weighted by molar-refractivity contribution is 5.91. The summed E-state index contributed by atoms with van der Waals surface area (Å²) in [5.41, 5.74) is 16.2. The van der Waals surface area contributed by atoms with Gasteiger partial charge in [-0.3, -0.25) is 9.47 Å². The lowest BCUT2D eigenvalue weighted by atomic mass is 9.72. The van der Waals surface area contributed by atoms with Crippen LogP contribution < -0.4 is 11.1 Å². The van der Waals surface area contributed by atoms with Crippen LogP contribution in [0.2, 0.25) is 0 Å². The van der Waals surface area contributed by atoms with Gasteiger partial charge in [0, 0.05) is 48.1 Å². The van der Waals surface area contributed by atoms with Crippen LogP contribution in [0.15, 0.2) is 91.1 Å². The average Bonchev–Trinajstić information content (AvgIpc) is 3.35. The van der Waals surface area contributed by atoms with Crippen LogP contribution in [0.3, 0.4) is 0 Å². The highest BCUT2D eigenvalue weighted by Gasteiger charge is 2.34. The fourth-order valence-electron chi connectivity index (χ4n) is 6.48. The van der Waals surface area contributed by atoms with Gasteiger partial charge in [-0.2, -0.15) is 0 Å². The van der Waals surface area contributed by atoms with Gasteiger partial charge in [-0.25, -0.2) is 9.97 Å². The Morgan fingerprint density at radius 1 is 0.804 bits per heavy atom. The van der Waals surface area contributed by atoms with Gasteiger partial charge in [0.25, 0.3) is 0 Å². The molecular weight excluding hydrogens is 662 g/mol. The van der Waals surface area contributed by atoms with E-state index in [1.54, 1.807) is 0 Å². The third kappa shape index (κ3) is 6.38. The zero-order valence-corrected chi connectivity index (χ0v) is 28.5. The molecule has 1 saturated heterocycles. The van der Waals surface area contributed by atoms with Crippen LogP contribution in [-0.2, 0) is 16.8 Å². The van der Waals surface area contributed by atoms with E-state index in [2.05, 4.69) is 87.6 Å². The molecule has 8 rings (SSSR count). The Morgan fingerprint density at radius 2 is 1.50 bits per heavy atom. The number of nitrogens with two attached hydrogens (primary N) is 1.